The van der Waals surface area contributed by atoms with Crippen LogP contribution < -0.4 is 0 Å². The lowest BCUT2D eigenvalue weighted by molar-refractivity contribution is -0.0757. The van der Waals surface area contributed by atoms with Crippen molar-refractivity contribution in [3.05, 3.63) is 22.4 Å². The van der Waals surface area contributed by atoms with Crippen LogP contribution in [0.5, 0.6) is 0 Å². The molecule has 0 saturated carbocycles. The van der Waals surface area contributed by atoms with Gasteiger partial charge in [0.25, 0.3) is 0 Å². The summed E-state index contributed by atoms with van der Waals surface area (Å²) >= 11 is 1.69. The summed E-state index contributed by atoms with van der Waals surface area (Å²) in [6, 6.07) is 2.11. The van der Waals surface area contributed by atoms with E-state index >= 15 is 0 Å². The highest BCUT2D eigenvalue weighted by atomic mass is 32.1. The minimum absolute atomic E-state index is 0.130. The van der Waals surface area contributed by atoms with Crippen molar-refractivity contribution < 1.29 is 14.6 Å². The Labute approximate surface area is 125 Å². The average Bonchev–Trinajstić information content (AvgIpc) is 2.90. The van der Waals surface area contributed by atoms with E-state index in [0.29, 0.717) is 19.8 Å². The molecule has 0 spiro atoms. The number of hydrogen-bond acceptors (Lipinski definition) is 5. The number of nitrogens with zero attached hydrogens (tertiary/aromatic N) is 1. The van der Waals surface area contributed by atoms with Gasteiger partial charge in [-0.3, -0.25) is 4.90 Å². The highest BCUT2D eigenvalue weighted by Crippen LogP contribution is 2.24. The molecular formula is C15H25NO3S. The van der Waals surface area contributed by atoms with Gasteiger partial charge in [-0.25, -0.2) is 0 Å². The van der Waals surface area contributed by atoms with Crippen molar-refractivity contribution in [1.82, 2.24) is 4.90 Å². The third-order valence-electron chi connectivity index (χ3n) is 3.24. The number of morpholine rings is 1. The zero-order valence-electron chi connectivity index (χ0n) is 12.5. The van der Waals surface area contributed by atoms with Crippen molar-refractivity contribution in [2.45, 2.75) is 38.6 Å². The van der Waals surface area contributed by atoms with Gasteiger partial charge in [0.1, 0.15) is 0 Å². The molecule has 0 aliphatic carbocycles. The number of β-amino-alcohol motifs (C(OH)–C–C–N with tert-alkyl or cyclic N) is 1. The largest absolute Gasteiger partial charge is 0.389 e. The SMILES string of the molecule is CC(C)(C)OCC(O)CN1CCOC(c2ccsc2)C1. The topological polar surface area (TPSA) is 41.9 Å². The second-order valence-corrected chi connectivity index (χ2v) is 7.03. The van der Waals surface area contributed by atoms with Crippen LogP contribution in [-0.2, 0) is 9.47 Å². The lowest BCUT2D eigenvalue weighted by atomic mass is 10.1. The molecule has 5 heteroatoms. The van der Waals surface area contributed by atoms with Gasteiger partial charge in [-0.2, -0.15) is 11.3 Å². The molecule has 2 atom stereocenters. The zero-order valence-corrected chi connectivity index (χ0v) is 13.4. The van der Waals surface area contributed by atoms with Crippen LogP contribution in [-0.4, -0.2) is 54.6 Å². The summed E-state index contributed by atoms with van der Waals surface area (Å²) in [7, 11) is 0. The molecule has 0 amide bonds. The van der Waals surface area contributed by atoms with Crippen molar-refractivity contribution in [3.63, 3.8) is 0 Å². The second kappa shape index (κ2) is 7.00. The number of aliphatic hydroxyl groups excluding tert-OH is 1. The Morgan fingerprint density at radius 1 is 1.55 bits per heavy atom. The minimum atomic E-state index is -0.449. The summed E-state index contributed by atoms with van der Waals surface area (Å²) in [6.45, 7) is 9.44. The maximum atomic E-state index is 10.1. The van der Waals surface area contributed by atoms with Crippen LogP contribution in [0, 0.1) is 0 Å². The standard InChI is InChI=1S/C15H25NO3S/c1-15(2,3)19-10-13(17)8-16-5-6-18-14(9-16)12-4-7-20-11-12/h4,7,11,13-14,17H,5-6,8-10H2,1-3H3. The van der Waals surface area contributed by atoms with Crippen molar-refractivity contribution in [2.75, 3.05) is 32.8 Å². The van der Waals surface area contributed by atoms with Crippen LogP contribution in [0.1, 0.15) is 32.4 Å². The third kappa shape index (κ3) is 5.14. The Bertz CT molecular complexity index is 388. The Hall–Kier alpha value is -0.460. The normalized spacial score (nSPS) is 22.9. The van der Waals surface area contributed by atoms with E-state index in [-0.39, 0.29) is 11.7 Å². The smallest absolute Gasteiger partial charge is 0.0960 e. The molecule has 0 bridgehead atoms. The Kier molecular flexibility index (Phi) is 5.57. The first-order valence-electron chi connectivity index (χ1n) is 7.12. The average molecular weight is 299 g/mol. The van der Waals surface area contributed by atoms with Gasteiger partial charge in [-0.1, -0.05) is 0 Å². The second-order valence-electron chi connectivity index (χ2n) is 6.25. The van der Waals surface area contributed by atoms with E-state index in [1.807, 2.05) is 20.8 Å². The van der Waals surface area contributed by atoms with Crippen LogP contribution in [0.2, 0.25) is 0 Å². The lowest BCUT2D eigenvalue weighted by Crippen LogP contribution is -2.43. The molecule has 2 rings (SSSR count). The Morgan fingerprint density at radius 2 is 2.35 bits per heavy atom. The molecule has 1 saturated heterocycles. The summed E-state index contributed by atoms with van der Waals surface area (Å²) in [5, 5.41) is 14.3. The molecule has 20 heavy (non-hydrogen) atoms. The maximum absolute atomic E-state index is 10.1. The summed E-state index contributed by atoms with van der Waals surface area (Å²) in [4.78, 5) is 2.25. The zero-order chi connectivity index (χ0) is 14.6. The molecule has 1 aliphatic heterocycles. The van der Waals surface area contributed by atoms with Crippen molar-refractivity contribution in [3.8, 4) is 0 Å². The van der Waals surface area contributed by atoms with E-state index in [1.165, 1.54) is 5.56 Å². The summed E-state index contributed by atoms with van der Waals surface area (Å²) < 4.78 is 11.4. The molecule has 2 unspecified atom stereocenters. The Balaban J connectivity index is 1.78. The monoisotopic (exact) mass is 299 g/mol. The number of rotatable bonds is 5. The van der Waals surface area contributed by atoms with Gasteiger partial charge in [0.2, 0.25) is 0 Å². The molecule has 0 aromatic carbocycles. The number of ether oxygens (including phenoxy) is 2. The van der Waals surface area contributed by atoms with Gasteiger partial charge < -0.3 is 14.6 Å². The first-order valence-corrected chi connectivity index (χ1v) is 8.06. The molecule has 0 radical (unpaired) electrons. The minimum Gasteiger partial charge on any atom is -0.389 e. The predicted molar refractivity (Wildman–Crippen MR) is 81.2 cm³/mol. The first-order chi connectivity index (χ1) is 9.44. The summed E-state index contributed by atoms with van der Waals surface area (Å²) in [5.41, 5.74) is 1.03. The van der Waals surface area contributed by atoms with E-state index < -0.39 is 6.10 Å². The third-order valence-corrected chi connectivity index (χ3v) is 3.94. The molecule has 1 N–H and O–H groups in total. The molecule has 1 fully saturated rings. The fourth-order valence-electron chi connectivity index (χ4n) is 2.23. The van der Waals surface area contributed by atoms with Gasteiger partial charge >= 0.3 is 0 Å². The first kappa shape index (κ1) is 15.9. The fraction of sp³-hybridized carbons (Fsp3) is 0.733. The molecule has 1 aromatic rings. The lowest BCUT2D eigenvalue weighted by Gasteiger charge is -2.34. The van der Waals surface area contributed by atoms with E-state index in [4.69, 9.17) is 9.47 Å². The van der Waals surface area contributed by atoms with Crippen LogP contribution in [0.4, 0.5) is 0 Å². The number of aliphatic hydroxyl groups is 1. The van der Waals surface area contributed by atoms with E-state index in [2.05, 4.69) is 21.7 Å². The van der Waals surface area contributed by atoms with E-state index in [0.717, 1.165) is 13.1 Å². The van der Waals surface area contributed by atoms with Gasteiger partial charge in [0, 0.05) is 19.6 Å². The Morgan fingerprint density at radius 3 is 3.00 bits per heavy atom. The molecular weight excluding hydrogens is 274 g/mol. The van der Waals surface area contributed by atoms with Gasteiger partial charge in [-0.15, -0.1) is 0 Å². The van der Waals surface area contributed by atoms with Gasteiger partial charge in [-0.05, 0) is 43.2 Å². The highest BCUT2D eigenvalue weighted by Gasteiger charge is 2.24. The summed E-state index contributed by atoms with van der Waals surface area (Å²) in [6.07, 6.45) is -0.318. The molecule has 1 aliphatic rings. The number of thiophene rings is 1. The van der Waals surface area contributed by atoms with Crippen LogP contribution in [0.3, 0.4) is 0 Å². The van der Waals surface area contributed by atoms with Crippen LogP contribution >= 0.6 is 11.3 Å². The highest BCUT2D eigenvalue weighted by molar-refractivity contribution is 7.07. The summed E-state index contributed by atoms with van der Waals surface area (Å²) in [5.74, 6) is 0. The molecule has 1 aromatic heterocycles. The molecule has 114 valence electrons. The van der Waals surface area contributed by atoms with Crippen LogP contribution in [0.15, 0.2) is 16.8 Å². The molecule has 4 nitrogen and oxygen atoms in total. The fourth-order valence-corrected chi connectivity index (χ4v) is 2.93. The van der Waals surface area contributed by atoms with E-state index in [9.17, 15) is 5.11 Å². The molecule has 2 heterocycles. The predicted octanol–water partition coefficient (Wildman–Crippen LogP) is 2.30. The van der Waals surface area contributed by atoms with Crippen molar-refractivity contribution >= 4 is 11.3 Å². The quantitative estimate of drug-likeness (QED) is 0.906. The van der Waals surface area contributed by atoms with Crippen LogP contribution in [0.25, 0.3) is 0 Å². The van der Waals surface area contributed by atoms with Crippen molar-refractivity contribution in [1.29, 1.82) is 0 Å². The number of hydrogen-bond donors (Lipinski definition) is 1. The maximum Gasteiger partial charge on any atom is 0.0960 e. The van der Waals surface area contributed by atoms with Gasteiger partial charge in [0.15, 0.2) is 0 Å². The van der Waals surface area contributed by atoms with E-state index in [1.54, 1.807) is 11.3 Å². The van der Waals surface area contributed by atoms with Gasteiger partial charge in [0.05, 0.1) is 31.0 Å². The van der Waals surface area contributed by atoms with Crippen molar-refractivity contribution in [2.24, 2.45) is 0 Å².